The molecule has 3 aromatic rings. The first-order valence-corrected chi connectivity index (χ1v) is 18.5. The van der Waals surface area contributed by atoms with Gasteiger partial charge in [-0.2, -0.15) is 0 Å². The summed E-state index contributed by atoms with van der Waals surface area (Å²) in [4.78, 5) is 0. The fourth-order valence-corrected chi connectivity index (χ4v) is 8.39. The van der Waals surface area contributed by atoms with Crippen LogP contribution >= 0.6 is 0 Å². The summed E-state index contributed by atoms with van der Waals surface area (Å²) >= 11 is 0. The molecule has 2 aliphatic rings. The molecule has 250 valence electrons. The maximum Gasteiger partial charge on any atom is 0.166 e. The Kier molecular flexibility index (Phi) is 12.8. The Morgan fingerprint density at radius 3 is 1.63 bits per heavy atom. The summed E-state index contributed by atoms with van der Waals surface area (Å²) in [6.45, 7) is 4.42. The van der Waals surface area contributed by atoms with E-state index in [0.717, 1.165) is 75.5 Å². The van der Waals surface area contributed by atoms with Crippen molar-refractivity contribution in [1.29, 1.82) is 0 Å². The molecule has 0 N–H and O–H groups in total. The van der Waals surface area contributed by atoms with Gasteiger partial charge < -0.3 is 0 Å². The molecule has 2 aliphatic carbocycles. The van der Waals surface area contributed by atoms with Crippen molar-refractivity contribution in [3.8, 4) is 22.3 Å². The molecule has 0 bridgehead atoms. The van der Waals surface area contributed by atoms with Crippen LogP contribution in [-0.4, -0.2) is 0 Å². The van der Waals surface area contributed by atoms with E-state index in [1.807, 2.05) is 0 Å². The zero-order valence-electron chi connectivity index (χ0n) is 28.2. The lowest BCUT2D eigenvalue weighted by atomic mass is 9.68. The smallest absolute Gasteiger partial charge is 0.166 e. The average molecular weight is 635 g/mol. The summed E-state index contributed by atoms with van der Waals surface area (Å²) in [5.74, 6) is -0.710. The van der Waals surface area contributed by atoms with Crippen LogP contribution in [0, 0.1) is 41.0 Å². The van der Waals surface area contributed by atoms with Crippen LogP contribution in [0.15, 0.2) is 48.5 Å². The Bertz CT molecular complexity index is 1380. The van der Waals surface area contributed by atoms with E-state index in [9.17, 15) is 4.39 Å². The molecule has 5 rings (SSSR count). The summed E-state index contributed by atoms with van der Waals surface area (Å²) in [6, 6.07) is 13.4. The first-order valence-electron chi connectivity index (χ1n) is 18.5. The van der Waals surface area contributed by atoms with Crippen LogP contribution in [0.1, 0.15) is 140 Å². The van der Waals surface area contributed by atoms with Gasteiger partial charge in [-0.1, -0.05) is 127 Å². The number of benzene rings is 3. The monoisotopic (exact) mass is 634 g/mol. The molecule has 0 unspecified atom stereocenters. The van der Waals surface area contributed by atoms with E-state index in [-0.39, 0.29) is 17.0 Å². The van der Waals surface area contributed by atoms with Gasteiger partial charge in [-0.3, -0.25) is 0 Å². The zero-order chi connectivity index (χ0) is 32.5. The van der Waals surface area contributed by atoms with Crippen LogP contribution in [-0.2, 0) is 6.42 Å². The van der Waals surface area contributed by atoms with Crippen molar-refractivity contribution in [3.63, 3.8) is 0 Å². The Morgan fingerprint density at radius 2 is 1.02 bits per heavy atom. The molecule has 0 aliphatic heterocycles. The minimum atomic E-state index is -0.856. The Hall–Kier alpha value is -2.62. The first kappa shape index (κ1) is 34.7. The molecule has 4 heteroatoms. The van der Waals surface area contributed by atoms with Crippen LogP contribution in [0.5, 0.6) is 0 Å². The topological polar surface area (TPSA) is 0 Å². The molecule has 0 spiro atoms. The predicted octanol–water partition coefficient (Wildman–Crippen LogP) is 13.8. The third kappa shape index (κ3) is 8.45. The fourth-order valence-electron chi connectivity index (χ4n) is 8.39. The Labute approximate surface area is 275 Å². The minimum absolute atomic E-state index is 0.0599. The first-order chi connectivity index (χ1) is 22.4. The average Bonchev–Trinajstić information content (AvgIpc) is 3.08. The maximum absolute atomic E-state index is 15.5. The van der Waals surface area contributed by atoms with E-state index in [0.29, 0.717) is 28.7 Å². The fraction of sp³-hybridized carbons (Fsp3) is 0.571. The van der Waals surface area contributed by atoms with E-state index in [4.69, 9.17) is 0 Å². The van der Waals surface area contributed by atoms with Gasteiger partial charge in [0, 0.05) is 11.1 Å². The molecule has 46 heavy (non-hydrogen) atoms. The molecule has 0 atom stereocenters. The minimum Gasteiger partial charge on any atom is -0.203 e. The predicted molar refractivity (Wildman–Crippen MR) is 184 cm³/mol. The van der Waals surface area contributed by atoms with Gasteiger partial charge >= 0.3 is 0 Å². The number of rotatable bonds is 14. The summed E-state index contributed by atoms with van der Waals surface area (Å²) in [7, 11) is 0. The number of hydrogen-bond acceptors (Lipinski definition) is 0. The number of halogens is 4. The van der Waals surface area contributed by atoms with Crippen molar-refractivity contribution < 1.29 is 17.6 Å². The summed E-state index contributed by atoms with van der Waals surface area (Å²) in [5, 5.41) is 0. The van der Waals surface area contributed by atoms with Gasteiger partial charge in [0.05, 0.1) is 0 Å². The molecule has 3 aromatic carbocycles. The van der Waals surface area contributed by atoms with Crippen LogP contribution in [0.4, 0.5) is 17.6 Å². The lowest BCUT2D eigenvalue weighted by Gasteiger charge is -2.38. The molecule has 2 saturated carbocycles. The molecule has 0 heterocycles. The molecule has 0 aromatic heterocycles. The molecular formula is C42H54F4. The summed E-state index contributed by atoms with van der Waals surface area (Å²) in [6.07, 6.45) is 20.7. The largest absolute Gasteiger partial charge is 0.203 e. The Balaban J connectivity index is 1.18. The van der Waals surface area contributed by atoms with Gasteiger partial charge in [0.25, 0.3) is 0 Å². The second-order valence-electron chi connectivity index (χ2n) is 14.4. The van der Waals surface area contributed by atoms with Gasteiger partial charge in [0.15, 0.2) is 23.3 Å². The molecule has 2 fully saturated rings. The highest BCUT2D eigenvalue weighted by Gasteiger charge is 2.32. The molecular weight excluding hydrogens is 580 g/mol. The van der Waals surface area contributed by atoms with E-state index < -0.39 is 23.3 Å². The highest BCUT2D eigenvalue weighted by Crippen LogP contribution is 2.45. The third-order valence-corrected chi connectivity index (χ3v) is 11.3. The molecule has 0 nitrogen and oxygen atoms in total. The van der Waals surface area contributed by atoms with Crippen LogP contribution in [0.2, 0.25) is 0 Å². The summed E-state index contributed by atoms with van der Waals surface area (Å²) in [5.41, 5.74) is 2.30. The van der Waals surface area contributed by atoms with Crippen molar-refractivity contribution in [3.05, 3.63) is 82.9 Å². The van der Waals surface area contributed by atoms with Gasteiger partial charge in [0.1, 0.15) is 0 Å². The van der Waals surface area contributed by atoms with Gasteiger partial charge in [-0.25, -0.2) is 17.6 Å². The lowest BCUT2D eigenvalue weighted by molar-refractivity contribution is 0.155. The molecule has 0 amide bonds. The SMILES string of the molecule is CCCCCCCc1ccc(-c2ccc(-c3ccc(C4CCC(C5CCC(CCCCC)CC5)CC4)c(F)c3F)cc2)c(F)c1F. The van der Waals surface area contributed by atoms with Gasteiger partial charge in [-0.15, -0.1) is 0 Å². The van der Waals surface area contributed by atoms with E-state index >= 15 is 13.2 Å². The standard InChI is InChI=1S/C42H54F4/c1-3-5-7-8-10-12-35-25-26-36(40(44)39(35)43)33-21-23-34(24-22-33)38-28-27-37(41(45)42(38)46)32-19-17-31(18-20-32)30-15-13-29(14-16-30)11-9-6-4-2/h21-32H,3-20H2,1-2H3. The normalized spacial score (nSPS) is 21.9. The van der Waals surface area contributed by atoms with Crippen LogP contribution in [0.25, 0.3) is 22.3 Å². The van der Waals surface area contributed by atoms with Crippen LogP contribution < -0.4 is 0 Å². The van der Waals surface area contributed by atoms with E-state index in [1.165, 1.54) is 51.4 Å². The van der Waals surface area contributed by atoms with Crippen molar-refractivity contribution in [2.24, 2.45) is 17.8 Å². The number of aryl methyl sites for hydroxylation is 1. The van der Waals surface area contributed by atoms with Gasteiger partial charge in [-0.05, 0) is 97.3 Å². The van der Waals surface area contributed by atoms with Crippen molar-refractivity contribution >= 4 is 0 Å². The second-order valence-corrected chi connectivity index (χ2v) is 14.4. The Morgan fingerprint density at radius 1 is 0.500 bits per heavy atom. The summed E-state index contributed by atoms with van der Waals surface area (Å²) < 4.78 is 60.9. The quantitative estimate of drug-likeness (QED) is 0.122. The second kappa shape index (κ2) is 17.0. The molecule has 0 saturated heterocycles. The number of hydrogen-bond donors (Lipinski definition) is 0. The van der Waals surface area contributed by atoms with Crippen molar-refractivity contribution in [2.45, 2.75) is 135 Å². The third-order valence-electron chi connectivity index (χ3n) is 11.3. The lowest BCUT2D eigenvalue weighted by Crippen LogP contribution is -2.25. The number of unbranched alkanes of at least 4 members (excludes halogenated alkanes) is 6. The highest BCUT2D eigenvalue weighted by molar-refractivity contribution is 5.71. The molecule has 0 radical (unpaired) electrons. The van der Waals surface area contributed by atoms with E-state index in [1.54, 1.807) is 48.5 Å². The zero-order valence-corrected chi connectivity index (χ0v) is 28.2. The van der Waals surface area contributed by atoms with Gasteiger partial charge in [0.2, 0.25) is 0 Å². The van der Waals surface area contributed by atoms with Crippen molar-refractivity contribution in [1.82, 2.24) is 0 Å². The van der Waals surface area contributed by atoms with Crippen LogP contribution in [0.3, 0.4) is 0 Å². The maximum atomic E-state index is 15.5. The van der Waals surface area contributed by atoms with Crippen molar-refractivity contribution in [2.75, 3.05) is 0 Å². The highest BCUT2D eigenvalue weighted by atomic mass is 19.2. The van der Waals surface area contributed by atoms with E-state index in [2.05, 4.69) is 13.8 Å².